The van der Waals surface area contributed by atoms with E-state index in [0.29, 0.717) is 35.9 Å². The standard InChI is InChI=1S/C19H19FN4O3S/c1-27-10-9-24-18(26)15-3-2-8-21-17(15)23-19(24)28-12-16(25)22-11-13-4-6-14(20)7-5-13/h2-8H,9-12H2,1H3,(H,22,25). The molecule has 1 aromatic carbocycles. The molecule has 3 rings (SSSR count). The molecule has 9 heteroatoms. The first-order valence-electron chi connectivity index (χ1n) is 8.57. The minimum absolute atomic E-state index is 0.0823. The number of hydrogen-bond acceptors (Lipinski definition) is 6. The Balaban J connectivity index is 1.70. The van der Waals surface area contributed by atoms with Crippen molar-refractivity contribution in [2.24, 2.45) is 0 Å². The first kappa shape index (κ1) is 20.0. The van der Waals surface area contributed by atoms with E-state index in [1.165, 1.54) is 16.7 Å². The van der Waals surface area contributed by atoms with Crippen LogP contribution in [0.15, 0.2) is 52.5 Å². The van der Waals surface area contributed by atoms with Crippen molar-refractivity contribution in [2.75, 3.05) is 19.5 Å². The predicted octanol–water partition coefficient (Wildman–Crippen LogP) is 1.99. The second-order valence-corrected chi connectivity index (χ2v) is 6.85. The molecule has 2 heterocycles. The number of methoxy groups -OCH3 is 1. The Bertz CT molecular complexity index is 1020. The number of benzene rings is 1. The van der Waals surface area contributed by atoms with E-state index in [1.54, 1.807) is 37.6 Å². The first-order valence-corrected chi connectivity index (χ1v) is 9.55. The normalized spacial score (nSPS) is 10.9. The van der Waals surface area contributed by atoms with Crippen LogP contribution >= 0.6 is 11.8 Å². The van der Waals surface area contributed by atoms with Gasteiger partial charge in [-0.3, -0.25) is 14.2 Å². The van der Waals surface area contributed by atoms with Gasteiger partial charge in [-0.15, -0.1) is 0 Å². The maximum Gasteiger partial charge on any atom is 0.263 e. The molecular weight excluding hydrogens is 383 g/mol. The van der Waals surface area contributed by atoms with Gasteiger partial charge in [-0.25, -0.2) is 14.4 Å². The summed E-state index contributed by atoms with van der Waals surface area (Å²) in [6.45, 7) is 0.966. The zero-order valence-electron chi connectivity index (χ0n) is 15.2. The van der Waals surface area contributed by atoms with Gasteiger partial charge < -0.3 is 10.1 Å². The summed E-state index contributed by atoms with van der Waals surface area (Å²) in [5.41, 5.74) is 0.921. The highest BCUT2D eigenvalue weighted by Crippen LogP contribution is 2.16. The second kappa shape index (κ2) is 9.43. The molecule has 146 valence electrons. The van der Waals surface area contributed by atoms with Crippen molar-refractivity contribution in [3.63, 3.8) is 0 Å². The van der Waals surface area contributed by atoms with Crippen LogP contribution in [0.25, 0.3) is 11.0 Å². The smallest absolute Gasteiger partial charge is 0.263 e. The van der Waals surface area contributed by atoms with E-state index in [1.807, 2.05) is 0 Å². The molecule has 2 aromatic heterocycles. The summed E-state index contributed by atoms with van der Waals surface area (Å²) in [6, 6.07) is 9.27. The van der Waals surface area contributed by atoms with Crippen LogP contribution in [0.3, 0.4) is 0 Å². The summed E-state index contributed by atoms with van der Waals surface area (Å²) in [7, 11) is 1.55. The number of pyridine rings is 1. The molecule has 0 aliphatic carbocycles. The summed E-state index contributed by atoms with van der Waals surface area (Å²) in [5.74, 6) is -0.461. The van der Waals surface area contributed by atoms with Crippen LogP contribution in [-0.2, 0) is 22.6 Å². The molecule has 1 amide bonds. The molecule has 0 saturated heterocycles. The number of carbonyl (C=O) groups is 1. The van der Waals surface area contributed by atoms with Crippen molar-refractivity contribution < 1.29 is 13.9 Å². The van der Waals surface area contributed by atoms with Crippen molar-refractivity contribution in [3.8, 4) is 0 Å². The van der Waals surface area contributed by atoms with E-state index in [9.17, 15) is 14.0 Å². The quantitative estimate of drug-likeness (QED) is 0.458. The number of hydrogen-bond donors (Lipinski definition) is 1. The summed E-state index contributed by atoms with van der Waals surface area (Å²) >= 11 is 1.16. The summed E-state index contributed by atoms with van der Waals surface area (Å²) in [4.78, 5) is 33.5. The maximum absolute atomic E-state index is 12.9. The average Bonchev–Trinajstić information content (AvgIpc) is 2.71. The van der Waals surface area contributed by atoms with Gasteiger partial charge in [0.15, 0.2) is 10.8 Å². The lowest BCUT2D eigenvalue weighted by molar-refractivity contribution is -0.118. The van der Waals surface area contributed by atoms with Crippen molar-refractivity contribution in [1.82, 2.24) is 19.9 Å². The SMILES string of the molecule is COCCn1c(SCC(=O)NCc2ccc(F)cc2)nc2ncccc2c1=O. The maximum atomic E-state index is 12.9. The molecule has 0 aliphatic heterocycles. The minimum atomic E-state index is -0.323. The number of thioether (sulfide) groups is 1. The van der Waals surface area contributed by atoms with Gasteiger partial charge in [-0.2, -0.15) is 0 Å². The van der Waals surface area contributed by atoms with E-state index >= 15 is 0 Å². The third-order valence-corrected chi connectivity index (χ3v) is 4.93. The topological polar surface area (TPSA) is 86.1 Å². The number of ether oxygens (including phenoxy) is 1. The molecule has 0 saturated carbocycles. The Kier molecular flexibility index (Phi) is 6.72. The van der Waals surface area contributed by atoms with Crippen LogP contribution in [0.5, 0.6) is 0 Å². The van der Waals surface area contributed by atoms with Gasteiger partial charge in [-0.1, -0.05) is 23.9 Å². The molecule has 3 aromatic rings. The van der Waals surface area contributed by atoms with E-state index < -0.39 is 0 Å². The Labute approximate surface area is 165 Å². The molecule has 0 bridgehead atoms. The van der Waals surface area contributed by atoms with Crippen LogP contribution in [0.2, 0.25) is 0 Å². The molecule has 0 fully saturated rings. The number of rotatable bonds is 8. The van der Waals surface area contributed by atoms with Gasteiger partial charge in [0.05, 0.1) is 24.3 Å². The highest BCUT2D eigenvalue weighted by atomic mass is 32.2. The average molecular weight is 402 g/mol. The molecule has 0 aliphatic rings. The molecule has 1 N–H and O–H groups in total. The number of halogens is 1. The van der Waals surface area contributed by atoms with Crippen LogP contribution in [0.1, 0.15) is 5.56 Å². The van der Waals surface area contributed by atoms with Gasteiger partial charge in [0, 0.05) is 19.9 Å². The molecule has 0 radical (unpaired) electrons. The van der Waals surface area contributed by atoms with Crippen molar-refractivity contribution in [1.29, 1.82) is 0 Å². The number of aromatic nitrogens is 3. The molecule has 0 unspecified atom stereocenters. The second-order valence-electron chi connectivity index (χ2n) is 5.91. The zero-order valence-corrected chi connectivity index (χ0v) is 16.0. The van der Waals surface area contributed by atoms with Crippen molar-refractivity contribution in [3.05, 3.63) is 64.3 Å². The summed E-state index contributed by atoms with van der Waals surface area (Å²) in [5, 5.41) is 3.59. The lowest BCUT2D eigenvalue weighted by Crippen LogP contribution is -2.27. The third kappa shape index (κ3) is 4.93. The Morgan fingerprint density at radius 2 is 2.07 bits per heavy atom. The van der Waals surface area contributed by atoms with E-state index in [0.717, 1.165) is 17.3 Å². The molecule has 0 spiro atoms. The van der Waals surface area contributed by atoms with Crippen molar-refractivity contribution >= 4 is 28.7 Å². The molecule has 28 heavy (non-hydrogen) atoms. The fourth-order valence-corrected chi connectivity index (χ4v) is 3.35. The predicted molar refractivity (Wildman–Crippen MR) is 105 cm³/mol. The number of fused-ring (bicyclic) bond motifs is 1. The monoisotopic (exact) mass is 402 g/mol. The third-order valence-electron chi connectivity index (χ3n) is 3.95. The lowest BCUT2D eigenvalue weighted by atomic mass is 10.2. The molecule has 7 nitrogen and oxygen atoms in total. The number of carbonyl (C=O) groups excluding carboxylic acids is 1. The fourth-order valence-electron chi connectivity index (χ4n) is 2.51. The number of nitrogens with zero attached hydrogens (tertiary/aromatic N) is 3. The minimum Gasteiger partial charge on any atom is -0.383 e. The summed E-state index contributed by atoms with van der Waals surface area (Å²) in [6.07, 6.45) is 1.57. The van der Waals surface area contributed by atoms with E-state index in [4.69, 9.17) is 4.74 Å². The van der Waals surface area contributed by atoms with Gasteiger partial charge in [0.2, 0.25) is 5.91 Å². The lowest BCUT2D eigenvalue weighted by Gasteiger charge is -2.12. The Hall–Kier alpha value is -2.78. The fraction of sp³-hybridized carbons (Fsp3) is 0.263. The van der Waals surface area contributed by atoms with E-state index in [2.05, 4.69) is 15.3 Å². The van der Waals surface area contributed by atoms with Crippen LogP contribution in [-0.4, -0.2) is 39.9 Å². The largest absolute Gasteiger partial charge is 0.383 e. The highest BCUT2D eigenvalue weighted by molar-refractivity contribution is 7.99. The van der Waals surface area contributed by atoms with Gasteiger partial charge in [0.25, 0.3) is 5.56 Å². The molecule has 0 atom stereocenters. The highest BCUT2D eigenvalue weighted by Gasteiger charge is 2.13. The summed E-state index contributed by atoms with van der Waals surface area (Å²) < 4.78 is 19.5. The van der Waals surface area contributed by atoms with Crippen LogP contribution < -0.4 is 10.9 Å². The Morgan fingerprint density at radius 1 is 1.29 bits per heavy atom. The van der Waals surface area contributed by atoms with Crippen LogP contribution in [0.4, 0.5) is 4.39 Å². The van der Waals surface area contributed by atoms with E-state index in [-0.39, 0.29) is 23.0 Å². The number of amides is 1. The number of nitrogens with one attached hydrogen (secondary N) is 1. The van der Waals surface area contributed by atoms with Gasteiger partial charge in [0.1, 0.15) is 5.82 Å². The molecular formula is C19H19FN4O3S. The van der Waals surface area contributed by atoms with Gasteiger partial charge >= 0.3 is 0 Å². The van der Waals surface area contributed by atoms with Gasteiger partial charge in [-0.05, 0) is 29.8 Å². The Morgan fingerprint density at radius 3 is 2.82 bits per heavy atom. The first-order chi connectivity index (χ1) is 13.6. The zero-order chi connectivity index (χ0) is 19.9. The van der Waals surface area contributed by atoms with Crippen molar-refractivity contribution in [2.45, 2.75) is 18.2 Å². The van der Waals surface area contributed by atoms with Crippen LogP contribution in [0, 0.1) is 5.82 Å².